The Hall–Kier alpha value is -2.78. The third kappa shape index (κ3) is 5.11. The second-order valence-corrected chi connectivity index (χ2v) is 7.51. The molecule has 0 unspecified atom stereocenters. The van der Waals surface area contributed by atoms with Crippen LogP contribution >= 0.6 is 11.6 Å². The molecule has 0 aliphatic carbocycles. The Morgan fingerprint density at radius 2 is 1.81 bits per heavy atom. The zero-order valence-corrected chi connectivity index (χ0v) is 16.1. The number of ether oxygens (including phenoxy) is 2. The molecule has 2 amide bonds. The molecule has 0 aromatic heterocycles. The van der Waals surface area contributed by atoms with Crippen LogP contribution in [0.1, 0.15) is 5.56 Å². The van der Waals surface area contributed by atoms with Crippen LogP contribution in [0.25, 0.3) is 0 Å². The van der Waals surface area contributed by atoms with Crippen LogP contribution in [-0.4, -0.2) is 38.5 Å². The number of halogens is 1. The number of methoxy groups -OCH3 is 1. The van der Waals surface area contributed by atoms with E-state index in [0.717, 1.165) is 12.7 Å². The van der Waals surface area contributed by atoms with Crippen molar-refractivity contribution in [1.29, 1.82) is 0 Å². The first kappa shape index (κ1) is 20.5. The zero-order valence-electron chi connectivity index (χ0n) is 14.5. The minimum absolute atomic E-state index is 0.124. The molecule has 0 fully saturated rings. The number of hydrogen-bond donors (Lipinski definition) is 1. The lowest BCUT2D eigenvalue weighted by atomic mass is 10.2. The zero-order chi connectivity index (χ0) is 20.0. The van der Waals surface area contributed by atoms with Crippen LogP contribution in [0.3, 0.4) is 0 Å². The quantitative estimate of drug-likeness (QED) is 0.757. The van der Waals surface area contributed by atoms with E-state index in [1.807, 2.05) is 5.43 Å². The van der Waals surface area contributed by atoms with E-state index in [1.54, 1.807) is 25.1 Å². The number of benzene rings is 2. The van der Waals surface area contributed by atoms with Gasteiger partial charge in [-0.25, -0.2) is 10.2 Å². The molecule has 0 aliphatic heterocycles. The highest BCUT2D eigenvalue weighted by Crippen LogP contribution is 2.22. The molecule has 0 saturated heterocycles. The van der Waals surface area contributed by atoms with Crippen molar-refractivity contribution < 1.29 is 27.5 Å². The Balaban J connectivity index is 2.15. The van der Waals surface area contributed by atoms with E-state index in [2.05, 4.69) is 4.74 Å². The predicted octanol–water partition coefficient (Wildman–Crippen LogP) is 2.52. The number of aryl methyl sites for hydroxylation is 1. The molecule has 0 saturated carbocycles. The van der Waals surface area contributed by atoms with Crippen molar-refractivity contribution in [2.24, 2.45) is 0 Å². The maximum absolute atomic E-state index is 12.6. The van der Waals surface area contributed by atoms with Crippen LogP contribution in [0.5, 0.6) is 5.75 Å². The highest BCUT2D eigenvalue weighted by Gasteiger charge is 2.32. The summed E-state index contributed by atoms with van der Waals surface area (Å²) >= 11 is 5.88. The molecule has 0 spiro atoms. The lowest BCUT2D eigenvalue weighted by Crippen LogP contribution is -2.50. The van der Waals surface area contributed by atoms with Gasteiger partial charge >= 0.3 is 6.09 Å². The minimum Gasteiger partial charge on any atom is -0.483 e. The van der Waals surface area contributed by atoms with Crippen LogP contribution in [0.4, 0.5) is 4.79 Å². The minimum atomic E-state index is -4.36. The molecule has 1 N–H and O–H groups in total. The number of hydrogen-bond acceptors (Lipinski definition) is 6. The number of amides is 2. The van der Waals surface area contributed by atoms with Crippen molar-refractivity contribution in [3.63, 3.8) is 0 Å². The maximum Gasteiger partial charge on any atom is 0.443 e. The second-order valence-electron chi connectivity index (χ2n) is 5.29. The van der Waals surface area contributed by atoms with E-state index in [0.29, 0.717) is 10.8 Å². The van der Waals surface area contributed by atoms with Gasteiger partial charge in [-0.05, 0) is 36.8 Å². The second kappa shape index (κ2) is 8.74. The van der Waals surface area contributed by atoms with Gasteiger partial charge < -0.3 is 9.47 Å². The molecule has 0 bridgehead atoms. The number of nitrogens with zero attached hydrogens (tertiary/aromatic N) is 1. The number of hydrazine groups is 1. The molecule has 144 valence electrons. The number of carbonyl (C=O) groups is 2. The van der Waals surface area contributed by atoms with E-state index in [1.165, 1.54) is 30.3 Å². The van der Waals surface area contributed by atoms with Gasteiger partial charge in [0.2, 0.25) is 0 Å². The number of nitrogens with one attached hydrogen (secondary N) is 1. The molecule has 8 nitrogen and oxygen atoms in total. The Kier molecular flexibility index (Phi) is 6.65. The molecule has 2 aromatic rings. The fourth-order valence-corrected chi connectivity index (χ4v) is 3.37. The molecule has 0 atom stereocenters. The van der Waals surface area contributed by atoms with Gasteiger partial charge in [-0.15, -0.1) is 4.41 Å². The summed E-state index contributed by atoms with van der Waals surface area (Å²) in [6.45, 7) is 1.21. The standard InChI is InChI=1S/C17H17ClN2O6S/c1-12-8-9-13(18)10-15(12)26-11-16(21)19-20(17(22)25-2)27(23,24)14-6-4-3-5-7-14/h3-10H,11H2,1-2H3,(H,19,21). The predicted molar refractivity (Wildman–Crippen MR) is 97.7 cm³/mol. The van der Waals surface area contributed by atoms with Gasteiger partial charge in [-0.3, -0.25) is 4.79 Å². The van der Waals surface area contributed by atoms with Crippen molar-refractivity contribution in [3.05, 3.63) is 59.1 Å². The normalized spacial score (nSPS) is 10.8. The SMILES string of the molecule is COC(=O)N(NC(=O)COc1cc(Cl)ccc1C)S(=O)(=O)c1ccccc1. The van der Waals surface area contributed by atoms with E-state index < -0.39 is 28.6 Å². The molecule has 10 heteroatoms. The average Bonchev–Trinajstić information content (AvgIpc) is 2.66. The van der Waals surface area contributed by atoms with Crippen molar-refractivity contribution in [2.45, 2.75) is 11.8 Å². The van der Waals surface area contributed by atoms with Crippen molar-refractivity contribution >= 4 is 33.6 Å². The summed E-state index contributed by atoms with van der Waals surface area (Å²) in [4.78, 5) is 23.8. The lowest BCUT2D eigenvalue weighted by molar-refractivity contribution is -0.125. The molecule has 2 rings (SSSR count). The number of sulfonamides is 1. The van der Waals surface area contributed by atoms with Gasteiger partial charge in [0.1, 0.15) is 5.75 Å². The van der Waals surface area contributed by atoms with Crippen LogP contribution in [-0.2, 0) is 19.6 Å². The smallest absolute Gasteiger partial charge is 0.443 e. The van der Waals surface area contributed by atoms with Crippen LogP contribution < -0.4 is 10.2 Å². The molecular formula is C17H17ClN2O6S. The first-order valence-corrected chi connectivity index (χ1v) is 9.44. The van der Waals surface area contributed by atoms with Gasteiger partial charge in [0.25, 0.3) is 15.9 Å². The van der Waals surface area contributed by atoms with Crippen LogP contribution in [0.15, 0.2) is 53.4 Å². The fourth-order valence-electron chi connectivity index (χ4n) is 2.00. The Morgan fingerprint density at radius 3 is 2.44 bits per heavy atom. The van der Waals surface area contributed by atoms with E-state index in [4.69, 9.17) is 16.3 Å². The third-order valence-electron chi connectivity index (χ3n) is 3.36. The topological polar surface area (TPSA) is 102 Å². The largest absolute Gasteiger partial charge is 0.483 e. The van der Waals surface area contributed by atoms with E-state index in [-0.39, 0.29) is 9.31 Å². The average molecular weight is 413 g/mol. The number of rotatable bonds is 5. The van der Waals surface area contributed by atoms with Gasteiger partial charge in [0.15, 0.2) is 6.61 Å². The summed E-state index contributed by atoms with van der Waals surface area (Å²) in [6, 6.07) is 12.0. The first-order valence-electron chi connectivity index (χ1n) is 7.62. The van der Waals surface area contributed by atoms with Gasteiger partial charge in [-0.2, -0.15) is 8.42 Å². The van der Waals surface area contributed by atoms with Crippen LogP contribution in [0.2, 0.25) is 5.02 Å². The molecule has 27 heavy (non-hydrogen) atoms. The lowest BCUT2D eigenvalue weighted by Gasteiger charge is -2.21. The number of carbonyl (C=O) groups excluding carboxylic acids is 2. The molecule has 0 heterocycles. The first-order chi connectivity index (χ1) is 12.8. The van der Waals surface area contributed by atoms with Gasteiger partial charge in [-0.1, -0.05) is 35.9 Å². The Bertz CT molecular complexity index is 934. The van der Waals surface area contributed by atoms with Crippen LogP contribution in [0, 0.1) is 6.92 Å². The van der Waals surface area contributed by atoms with Crippen molar-refractivity contribution in [2.75, 3.05) is 13.7 Å². The van der Waals surface area contributed by atoms with Crippen molar-refractivity contribution in [3.8, 4) is 5.75 Å². The summed E-state index contributed by atoms with van der Waals surface area (Å²) in [7, 11) is -3.36. The maximum atomic E-state index is 12.6. The summed E-state index contributed by atoms with van der Waals surface area (Å²) in [5, 5.41) is 0.416. The van der Waals surface area contributed by atoms with Crippen molar-refractivity contribution in [1.82, 2.24) is 9.84 Å². The fraction of sp³-hybridized carbons (Fsp3) is 0.176. The molecule has 2 aromatic carbocycles. The highest BCUT2D eigenvalue weighted by atomic mass is 35.5. The molecular weight excluding hydrogens is 396 g/mol. The van der Waals surface area contributed by atoms with E-state index >= 15 is 0 Å². The summed E-state index contributed by atoms with van der Waals surface area (Å²) in [5.74, 6) is -0.521. The Labute approximate surface area is 161 Å². The van der Waals surface area contributed by atoms with Gasteiger partial charge in [0, 0.05) is 5.02 Å². The monoisotopic (exact) mass is 412 g/mol. The molecule has 0 radical (unpaired) electrons. The van der Waals surface area contributed by atoms with Gasteiger partial charge in [0.05, 0.1) is 12.0 Å². The summed E-state index contributed by atoms with van der Waals surface area (Å²) < 4.78 is 35.1. The van der Waals surface area contributed by atoms with E-state index in [9.17, 15) is 18.0 Å². The summed E-state index contributed by atoms with van der Waals surface area (Å²) in [5.41, 5.74) is 2.72. The highest BCUT2D eigenvalue weighted by molar-refractivity contribution is 7.89. The third-order valence-corrected chi connectivity index (χ3v) is 5.18. The Morgan fingerprint density at radius 1 is 1.15 bits per heavy atom. The molecule has 0 aliphatic rings. The summed E-state index contributed by atoms with van der Waals surface area (Å²) in [6.07, 6.45) is -1.27.